The van der Waals surface area contributed by atoms with E-state index in [0.29, 0.717) is 18.0 Å². The third kappa shape index (κ3) is 6.20. The van der Waals surface area contributed by atoms with E-state index in [0.717, 1.165) is 10.2 Å². The summed E-state index contributed by atoms with van der Waals surface area (Å²) in [7, 11) is 0. The monoisotopic (exact) mass is 347 g/mol. The number of amides is 1. The molecule has 2 N–H and O–H groups in total. The minimum atomic E-state index is -0.821. The second-order valence-electron chi connectivity index (χ2n) is 4.94. The molecule has 0 aromatic carbocycles. The Labute approximate surface area is 125 Å². The lowest BCUT2D eigenvalue weighted by Crippen LogP contribution is -2.30. The predicted octanol–water partition coefficient (Wildman–Crippen LogP) is 3.38. The zero-order valence-electron chi connectivity index (χ0n) is 11.0. The molecule has 0 bridgehead atoms. The molecule has 0 aliphatic carbocycles. The van der Waals surface area contributed by atoms with Gasteiger partial charge in [-0.25, -0.2) is 0 Å². The number of carbonyl (C=O) groups is 2. The number of carbonyl (C=O) groups excluding carboxylic acids is 1. The van der Waals surface area contributed by atoms with Crippen molar-refractivity contribution in [3.8, 4) is 0 Å². The van der Waals surface area contributed by atoms with Crippen molar-refractivity contribution in [2.75, 3.05) is 6.54 Å². The van der Waals surface area contributed by atoms with Crippen molar-refractivity contribution in [1.29, 1.82) is 0 Å². The number of carboxylic acids is 1. The summed E-state index contributed by atoms with van der Waals surface area (Å²) in [5.74, 6) is -0.584. The van der Waals surface area contributed by atoms with E-state index in [2.05, 4.69) is 21.2 Å². The maximum absolute atomic E-state index is 11.9. The Balaban J connectivity index is 2.50. The molecule has 1 amide bonds. The van der Waals surface area contributed by atoms with Gasteiger partial charge >= 0.3 is 5.97 Å². The average Bonchev–Trinajstić information content (AvgIpc) is 2.71. The molecule has 4 nitrogen and oxygen atoms in total. The molecule has 6 heteroatoms. The van der Waals surface area contributed by atoms with Crippen LogP contribution in [0.5, 0.6) is 0 Å². The Kier molecular flexibility index (Phi) is 6.51. The minimum absolute atomic E-state index is 0.0245. The van der Waals surface area contributed by atoms with E-state index in [-0.39, 0.29) is 18.2 Å². The quantitative estimate of drug-likeness (QED) is 0.794. The average molecular weight is 348 g/mol. The van der Waals surface area contributed by atoms with Gasteiger partial charge in [0.05, 0.1) is 9.35 Å². The first kappa shape index (κ1) is 16.2. The van der Waals surface area contributed by atoms with E-state index in [1.165, 1.54) is 11.3 Å². The molecule has 0 saturated carbocycles. The molecular formula is C13H18BrNO3S. The van der Waals surface area contributed by atoms with Crippen LogP contribution in [0.4, 0.5) is 0 Å². The molecule has 1 unspecified atom stereocenters. The van der Waals surface area contributed by atoms with Crippen LogP contribution in [0.3, 0.4) is 0 Å². The fraction of sp³-hybridized carbons (Fsp3) is 0.538. The summed E-state index contributed by atoms with van der Waals surface area (Å²) in [6, 6.07) is 1.76. The van der Waals surface area contributed by atoms with Crippen LogP contribution < -0.4 is 5.32 Å². The fourth-order valence-electron chi connectivity index (χ4n) is 1.92. The van der Waals surface area contributed by atoms with Crippen LogP contribution in [-0.4, -0.2) is 23.5 Å². The summed E-state index contributed by atoms with van der Waals surface area (Å²) in [4.78, 5) is 22.7. The highest BCUT2D eigenvalue weighted by molar-refractivity contribution is 9.11. The molecule has 0 aliphatic heterocycles. The van der Waals surface area contributed by atoms with Gasteiger partial charge in [-0.1, -0.05) is 13.8 Å². The van der Waals surface area contributed by atoms with E-state index in [9.17, 15) is 9.59 Å². The molecule has 0 saturated heterocycles. The van der Waals surface area contributed by atoms with Gasteiger partial charge in [0, 0.05) is 18.3 Å². The standard InChI is InChI=1S/C13H18BrNO3S/c1-8(2)3-9(4-12(16)17)6-15-13(18)10-5-11(14)19-7-10/h5,7-9H,3-4,6H2,1-2H3,(H,15,18)(H,16,17). The molecule has 106 valence electrons. The van der Waals surface area contributed by atoms with Crippen molar-refractivity contribution in [3.63, 3.8) is 0 Å². The van der Waals surface area contributed by atoms with Gasteiger partial charge in [-0.15, -0.1) is 11.3 Å². The van der Waals surface area contributed by atoms with E-state index in [1.54, 1.807) is 11.4 Å². The molecule has 1 heterocycles. The first-order chi connectivity index (χ1) is 8.88. The molecular weight excluding hydrogens is 330 g/mol. The molecule has 0 spiro atoms. The number of rotatable bonds is 7. The van der Waals surface area contributed by atoms with Crippen molar-refractivity contribution in [2.45, 2.75) is 26.7 Å². The van der Waals surface area contributed by atoms with Crippen molar-refractivity contribution in [3.05, 3.63) is 20.8 Å². The Hall–Kier alpha value is -0.880. The fourth-order valence-corrected chi connectivity index (χ4v) is 3.06. The largest absolute Gasteiger partial charge is 0.481 e. The van der Waals surface area contributed by atoms with Gasteiger partial charge in [0.25, 0.3) is 5.91 Å². The van der Waals surface area contributed by atoms with Gasteiger partial charge in [0.15, 0.2) is 0 Å². The van der Waals surface area contributed by atoms with E-state index in [1.807, 2.05) is 13.8 Å². The lowest BCUT2D eigenvalue weighted by molar-refractivity contribution is -0.138. The maximum atomic E-state index is 11.9. The predicted molar refractivity (Wildman–Crippen MR) is 79.6 cm³/mol. The van der Waals surface area contributed by atoms with Crippen molar-refractivity contribution in [1.82, 2.24) is 5.32 Å². The van der Waals surface area contributed by atoms with E-state index >= 15 is 0 Å². The molecule has 0 fully saturated rings. The lowest BCUT2D eigenvalue weighted by atomic mass is 9.94. The summed E-state index contributed by atoms with van der Waals surface area (Å²) in [5, 5.41) is 13.4. The van der Waals surface area contributed by atoms with Crippen LogP contribution in [0.1, 0.15) is 37.0 Å². The number of nitrogens with one attached hydrogen (secondary N) is 1. The number of hydrogen-bond acceptors (Lipinski definition) is 3. The Morgan fingerprint density at radius 1 is 1.47 bits per heavy atom. The zero-order valence-corrected chi connectivity index (χ0v) is 13.4. The van der Waals surface area contributed by atoms with Crippen molar-refractivity contribution >= 4 is 39.1 Å². The Morgan fingerprint density at radius 3 is 2.63 bits per heavy atom. The van der Waals surface area contributed by atoms with Crippen LogP contribution in [0.25, 0.3) is 0 Å². The van der Waals surface area contributed by atoms with Crippen molar-refractivity contribution < 1.29 is 14.7 Å². The first-order valence-electron chi connectivity index (χ1n) is 6.12. The number of carboxylic acid groups (broad SMARTS) is 1. The number of hydrogen-bond donors (Lipinski definition) is 2. The summed E-state index contributed by atoms with van der Waals surface area (Å²) >= 11 is 4.76. The summed E-state index contributed by atoms with van der Waals surface area (Å²) in [6.07, 6.45) is 0.881. The van der Waals surface area contributed by atoms with Crippen LogP contribution in [0, 0.1) is 11.8 Å². The molecule has 1 aromatic heterocycles. The molecule has 19 heavy (non-hydrogen) atoms. The van der Waals surface area contributed by atoms with Gasteiger partial charge in [0.1, 0.15) is 0 Å². The third-order valence-electron chi connectivity index (χ3n) is 2.65. The van der Waals surface area contributed by atoms with Crippen LogP contribution in [0.2, 0.25) is 0 Å². The molecule has 1 aromatic rings. The first-order valence-corrected chi connectivity index (χ1v) is 7.79. The highest BCUT2D eigenvalue weighted by atomic mass is 79.9. The zero-order chi connectivity index (χ0) is 14.4. The smallest absolute Gasteiger partial charge is 0.303 e. The SMILES string of the molecule is CC(C)CC(CNC(=O)c1csc(Br)c1)CC(=O)O. The van der Waals surface area contributed by atoms with E-state index in [4.69, 9.17) is 5.11 Å². The molecule has 0 aliphatic rings. The summed E-state index contributed by atoms with van der Waals surface area (Å²) in [5.41, 5.74) is 0.607. The number of thiophene rings is 1. The minimum Gasteiger partial charge on any atom is -0.481 e. The van der Waals surface area contributed by atoms with Gasteiger partial charge in [-0.05, 0) is 40.3 Å². The third-order valence-corrected chi connectivity index (χ3v) is 4.15. The van der Waals surface area contributed by atoms with Crippen LogP contribution >= 0.6 is 27.3 Å². The summed E-state index contributed by atoms with van der Waals surface area (Å²) < 4.78 is 0.905. The number of aliphatic carboxylic acids is 1. The van der Waals surface area contributed by atoms with E-state index < -0.39 is 5.97 Å². The second-order valence-corrected chi connectivity index (χ2v) is 7.23. The lowest BCUT2D eigenvalue weighted by Gasteiger charge is -2.17. The molecule has 0 radical (unpaired) electrons. The van der Waals surface area contributed by atoms with Gasteiger partial charge in [0.2, 0.25) is 0 Å². The molecule has 1 rings (SSSR count). The highest BCUT2D eigenvalue weighted by Gasteiger charge is 2.17. The second kappa shape index (κ2) is 7.65. The molecule has 1 atom stereocenters. The van der Waals surface area contributed by atoms with Crippen LogP contribution in [0.15, 0.2) is 15.2 Å². The van der Waals surface area contributed by atoms with Gasteiger partial charge in [-0.2, -0.15) is 0 Å². The van der Waals surface area contributed by atoms with Crippen LogP contribution in [-0.2, 0) is 4.79 Å². The normalized spacial score (nSPS) is 12.4. The topological polar surface area (TPSA) is 66.4 Å². The maximum Gasteiger partial charge on any atom is 0.303 e. The Bertz CT molecular complexity index is 445. The Morgan fingerprint density at radius 2 is 2.16 bits per heavy atom. The highest BCUT2D eigenvalue weighted by Crippen LogP contribution is 2.21. The van der Waals surface area contributed by atoms with Crippen molar-refractivity contribution in [2.24, 2.45) is 11.8 Å². The van der Waals surface area contributed by atoms with Gasteiger partial charge < -0.3 is 10.4 Å². The number of halogens is 1. The summed E-state index contributed by atoms with van der Waals surface area (Å²) in [6.45, 7) is 4.50. The van der Waals surface area contributed by atoms with Gasteiger partial charge in [-0.3, -0.25) is 9.59 Å².